The number of fused-ring (bicyclic) bond motifs is 1. The Balaban J connectivity index is 1.63. The molecule has 124 valence electrons. The van der Waals surface area contributed by atoms with Crippen molar-refractivity contribution in [3.8, 4) is 11.3 Å². The molecule has 24 heavy (non-hydrogen) atoms. The van der Waals surface area contributed by atoms with E-state index < -0.39 is 0 Å². The Morgan fingerprint density at radius 3 is 3.00 bits per heavy atom. The fourth-order valence-electron chi connectivity index (χ4n) is 2.81. The van der Waals surface area contributed by atoms with E-state index in [2.05, 4.69) is 50.6 Å². The molecule has 0 spiro atoms. The number of carbonyl (C=O) groups is 1. The summed E-state index contributed by atoms with van der Waals surface area (Å²) in [7, 11) is 0. The number of aromatic nitrogens is 3. The smallest absolute Gasteiger partial charge is 0.228 e. The number of aryl methyl sites for hydroxylation is 1. The molecule has 0 saturated heterocycles. The van der Waals surface area contributed by atoms with Gasteiger partial charge in [-0.25, -0.2) is 0 Å². The number of halogens is 1. The van der Waals surface area contributed by atoms with Crippen LogP contribution in [0.1, 0.15) is 20.3 Å². The van der Waals surface area contributed by atoms with Crippen LogP contribution in [0.2, 0.25) is 0 Å². The summed E-state index contributed by atoms with van der Waals surface area (Å²) in [6, 6.07) is 6.11. The Labute approximate surface area is 152 Å². The van der Waals surface area contributed by atoms with Gasteiger partial charge in [-0.1, -0.05) is 13.0 Å². The van der Waals surface area contributed by atoms with Crippen molar-refractivity contribution in [3.63, 3.8) is 0 Å². The zero-order valence-electron chi connectivity index (χ0n) is 13.4. The maximum absolute atomic E-state index is 12.1. The number of anilines is 1. The van der Waals surface area contributed by atoms with Crippen molar-refractivity contribution in [1.82, 2.24) is 14.2 Å². The lowest BCUT2D eigenvalue weighted by molar-refractivity contribution is -0.117. The number of carbonyl (C=O) groups excluding carboxylic acids is 1. The monoisotopic (exact) mass is 404 g/mol. The largest absolute Gasteiger partial charge is 0.315 e. The van der Waals surface area contributed by atoms with E-state index in [9.17, 15) is 4.79 Å². The third-order valence-corrected chi connectivity index (χ3v) is 6.26. The van der Waals surface area contributed by atoms with Gasteiger partial charge in [-0.2, -0.15) is 9.47 Å². The fourth-order valence-corrected chi connectivity index (χ4v) is 4.27. The van der Waals surface area contributed by atoms with E-state index in [1.165, 1.54) is 11.5 Å². The predicted molar refractivity (Wildman–Crippen MR) is 100 cm³/mol. The summed E-state index contributed by atoms with van der Waals surface area (Å²) in [5.74, 6) is 0.741. The molecule has 1 aliphatic carbocycles. The number of rotatable bonds is 4. The molecule has 5 nitrogen and oxygen atoms in total. The van der Waals surface area contributed by atoms with Gasteiger partial charge in [0.05, 0.1) is 9.99 Å². The summed E-state index contributed by atoms with van der Waals surface area (Å²) in [5.41, 5.74) is 2.84. The number of amides is 1. The molecule has 3 aromatic rings. The molecule has 0 radical (unpaired) electrons. The normalized spacial score (nSPS) is 19.6. The van der Waals surface area contributed by atoms with E-state index in [0.717, 1.165) is 44.6 Å². The highest BCUT2D eigenvalue weighted by atomic mass is 79.9. The Bertz CT molecular complexity index is 932. The van der Waals surface area contributed by atoms with Gasteiger partial charge in [0.1, 0.15) is 10.7 Å². The minimum atomic E-state index is 0.0954. The Morgan fingerprint density at radius 1 is 1.50 bits per heavy atom. The van der Waals surface area contributed by atoms with Crippen LogP contribution in [0.25, 0.3) is 22.2 Å². The van der Waals surface area contributed by atoms with Gasteiger partial charge in [-0.3, -0.25) is 9.48 Å². The topological polar surface area (TPSA) is 59.8 Å². The molecular weight excluding hydrogens is 388 g/mol. The van der Waals surface area contributed by atoms with Gasteiger partial charge in [0.25, 0.3) is 0 Å². The molecule has 1 aromatic carbocycles. The van der Waals surface area contributed by atoms with Gasteiger partial charge < -0.3 is 5.32 Å². The van der Waals surface area contributed by atoms with Gasteiger partial charge in [-0.15, -0.1) is 0 Å². The van der Waals surface area contributed by atoms with E-state index in [1.54, 1.807) is 0 Å². The number of nitrogens with one attached hydrogen (secondary N) is 1. The van der Waals surface area contributed by atoms with Gasteiger partial charge in [0.15, 0.2) is 0 Å². The average molecular weight is 405 g/mol. The maximum atomic E-state index is 12.1. The molecule has 0 bridgehead atoms. The van der Waals surface area contributed by atoms with Gasteiger partial charge in [0.2, 0.25) is 5.91 Å². The SMILES string of the molecule is CCn1cc2cc(-c3nsc(NC(=O)[C@@H]4C[C@H]4C)c3Br)ccc2n1. The molecule has 0 unspecified atom stereocenters. The highest BCUT2D eigenvalue weighted by Gasteiger charge is 2.39. The van der Waals surface area contributed by atoms with Crippen molar-refractivity contribution in [2.75, 3.05) is 5.32 Å². The van der Waals surface area contributed by atoms with Crippen LogP contribution in [0.3, 0.4) is 0 Å². The lowest BCUT2D eigenvalue weighted by Gasteiger charge is -2.02. The van der Waals surface area contributed by atoms with Crippen molar-refractivity contribution in [2.24, 2.45) is 11.8 Å². The fraction of sp³-hybridized carbons (Fsp3) is 0.353. The molecule has 0 aliphatic heterocycles. The second-order valence-electron chi connectivity index (χ2n) is 6.24. The number of hydrogen-bond acceptors (Lipinski definition) is 4. The van der Waals surface area contributed by atoms with E-state index in [-0.39, 0.29) is 11.8 Å². The first-order chi connectivity index (χ1) is 11.6. The lowest BCUT2D eigenvalue weighted by Crippen LogP contribution is -2.13. The Kier molecular flexibility index (Phi) is 3.92. The standard InChI is InChI=1S/C17H17BrN4OS/c1-3-22-8-11-7-10(4-5-13(11)20-22)15-14(18)17(24-21-15)19-16(23)12-6-9(12)2/h4-5,7-9,12H,3,6H2,1-2H3,(H,19,23)/t9-,12-/m1/s1. The van der Waals surface area contributed by atoms with Crippen molar-refractivity contribution < 1.29 is 4.79 Å². The first kappa shape index (κ1) is 15.8. The zero-order chi connectivity index (χ0) is 16.8. The van der Waals surface area contributed by atoms with Crippen LogP contribution in [0.5, 0.6) is 0 Å². The van der Waals surface area contributed by atoms with Gasteiger partial charge in [0, 0.05) is 29.6 Å². The van der Waals surface area contributed by atoms with Crippen LogP contribution < -0.4 is 5.32 Å². The van der Waals surface area contributed by atoms with Crippen LogP contribution in [0.4, 0.5) is 5.00 Å². The molecule has 7 heteroatoms. The molecule has 1 N–H and O–H groups in total. The minimum Gasteiger partial charge on any atom is -0.315 e. The quantitative estimate of drug-likeness (QED) is 0.694. The average Bonchev–Trinajstić information content (AvgIpc) is 3.01. The van der Waals surface area contributed by atoms with Crippen LogP contribution in [0, 0.1) is 11.8 Å². The maximum Gasteiger partial charge on any atom is 0.228 e. The van der Waals surface area contributed by atoms with Crippen molar-refractivity contribution in [1.29, 1.82) is 0 Å². The molecule has 1 saturated carbocycles. The van der Waals surface area contributed by atoms with E-state index in [1.807, 2.05) is 23.0 Å². The summed E-state index contributed by atoms with van der Waals surface area (Å²) in [6.07, 6.45) is 3.02. The Hall–Kier alpha value is -1.73. The van der Waals surface area contributed by atoms with E-state index >= 15 is 0 Å². The third-order valence-electron chi connectivity index (χ3n) is 4.47. The summed E-state index contributed by atoms with van der Waals surface area (Å²) in [4.78, 5) is 12.1. The molecule has 1 fully saturated rings. The molecule has 2 heterocycles. The summed E-state index contributed by atoms with van der Waals surface area (Å²) < 4.78 is 7.29. The molecule has 4 rings (SSSR count). The first-order valence-electron chi connectivity index (χ1n) is 8.00. The van der Waals surface area contributed by atoms with Gasteiger partial charge >= 0.3 is 0 Å². The number of hydrogen-bond donors (Lipinski definition) is 1. The van der Waals surface area contributed by atoms with Crippen molar-refractivity contribution in [2.45, 2.75) is 26.8 Å². The van der Waals surface area contributed by atoms with Crippen molar-refractivity contribution in [3.05, 3.63) is 28.9 Å². The predicted octanol–water partition coefficient (Wildman–Crippen LogP) is 4.54. The molecule has 1 aliphatic rings. The minimum absolute atomic E-state index is 0.0954. The zero-order valence-corrected chi connectivity index (χ0v) is 15.8. The first-order valence-corrected chi connectivity index (χ1v) is 9.57. The van der Waals surface area contributed by atoms with Crippen LogP contribution >= 0.6 is 27.5 Å². The summed E-state index contributed by atoms with van der Waals surface area (Å²) in [6.45, 7) is 5.02. The summed E-state index contributed by atoms with van der Waals surface area (Å²) in [5, 5.41) is 9.36. The molecular formula is C17H17BrN4OS. The highest BCUT2D eigenvalue weighted by molar-refractivity contribution is 9.10. The number of nitrogens with zero attached hydrogens (tertiary/aromatic N) is 3. The molecule has 2 aromatic heterocycles. The summed E-state index contributed by atoms with van der Waals surface area (Å²) >= 11 is 4.91. The van der Waals surface area contributed by atoms with Crippen molar-refractivity contribution >= 4 is 49.3 Å². The van der Waals surface area contributed by atoms with E-state index in [0.29, 0.717) is 5.92 Å². The van der Waals surface area contributed by atoms with Gasteiger partial charge in [-0.05, 0) is 58.9 Å². The molecule has 2 atom stereocenters. The van der Waals surface area contributed by atoms with Crippen LogP contribution in [-0.4, -0.2) is 20.1 Å². The van der Waals surface area contributed by atoms with Crippen LogP contribution in [0.15, 0.2) is 28.9 Å². The second kappa shape index (κ2) is 5.97. The lowest BCUT2D eigenvalue weighted by atomic mass is 10.1. The second-order valence-corrected chi connectivity index (χ2v) is 7.81. The highest BCUT2D eigenvalue weighted by Crippen LogP contribution is 2.41. The van der Waals surface area contributed by atoms with E-state index in [4.69, 9.17) is 0 Å². The molecule has 1 amide bonds. The van der Waals surface area contributed by atoms with Crippen LogP contribution in [-0.2, 0) is 11.3 Å². The Morgan fingerprint density at radius 2 is 2.29 bits per heavy atom. The third kappa shape index (κ3) is 2.75. The number of benzene rings is 1.